The molecular formula is C22H27N3O. The fourth-order valence-electron chi connectivity index (χ4n) is 2.81. The molecule has 4 nitrogen and oxygen atoms in total. The number of ether oxygens (including phenoxy) is 1. The first-order valence-corrected chi connectivity index (χ1v) is 9.54. The third-order valence-corrected chi connectivity index (χ3v) is 4.35. The van der Waals surface area contributed by atoms with E-state index in [4.69, 9.17) is 4.74 Å². The van der Waals surface area contributed by atoms with Gasteiger partial charge in [0.2, 0.25) is 5.95 Å². The molecule has 0 atom stereocenters. The lowest BCUT2D eigenvalue weighted by molar-refractivity contribution is 0.309. The van der Waals surface area contributed by atoms with Crippen LogP contribution in [0.5, 0.6) is 5.75 Å². The molecule has 0 spiro atoms. The van der Waals surface area contributed by atoms with Gasteiger partial charge in [-0.2, -0.15) is 0 Å². The zero-order chi connectivity index (χ0) is 18.2. The molecule has 3 rings (SSSR count). The quantitative estimate of drug-likeness (QED) is 0.363. The van der Waals surface area contributed by atoms with Crippen molar-refractivity contribution in [3.63, 3.8) is 0 Å². The summed E-state index contributed by atoms with van der Waals surface area (Å²) in [5.41, 5.74) is 3.19. The molecule has 136 valence electrons. The predicted molar refractivity (Wildman–Crippen MR) is 109 cm³/mol. The molecule has 26 heavy (non-hydrogen) atoms. The smallest absolute Gasteiger partial charge is 0.230 e. The molecule has 1 heterocycles. The Morgan fingerprint density at radius 1 is 1.00 bits per heavy atom. The largest absolute Gasteiger partial charge is 0.494 e. The molecule has 0 fully saturated rings. The lowest BCUT2D eigenvalue weighted by Crippen LogP contribution is -1.97. The summed E-state index contributed by atoms with van der Waals surface area (Å²) >= 11 is 0. The Bertz CT molecular complexity index is 849. The van der Waals surface area contributed by atoms with Crippen molar-refractivity contribution < 1.29 is 4.74 Å². The van der Waals surface area contributed by atoms with Crippen LogP contribution in [0.3, 0.4) is 0 Å². The van der Waals surface area contributed by atoms with Crippen molar-refractivity contribution in [3.8, 4) is 5.75 Å². The van der Waals surface area contributed by atoms with E-state index in [1.165, 1.54) is 0 Å². The van der Waals surface area contributed by atoms with Gasteiger partial charge < -0.3 is 9.30 Å². The number of para-hydroxylation sites is 2. The second-order valence-corrected chi connectivity index (χ2v) is 6.43. The van der Waals surface area contributed by atoms with Gasteiger partial charge in [-0.3, -0.25) is 0 Å². The third-order valence-electron chi connectivity index (χ3n) is 4.35. The van der Waals surface area contributed by atoms with Crippen molar-refractivity contribution >= 4 is 23.2 Å². The average molecular weight is 349 g/mol. The number of nitrogens with zero attached hydrogens (tertiary/aromatic N) is 3. The van der Waals surface area contributed by atoms with Crippen molar-refractivity contribution in [2.24, 2.45) is 4.99 Å². The summed E-state index contributed by atoms with van der Waals surface area (Å²) in [5, 5.41) is 0. The van der Waals surface area contributed by atoms with Gasteiger partial charge in [-0.25, -0.2) is 9.98 Å². The van der Waals surface area contributed by atoms with Crippen LogP contribution in [0.4, 0.5) is 5.95 Å². The van der Waals surface area contributed by atoms with Gasteiger partial charge in [-0.05, 0) is 54.8 Å². The normalized spacial score (nSPS) is 11.5. The first-order chi connectivity index (χ1) is 12.8. The molecule has 1 aromatic heterocycles. The van der Waals surface area contributed by atoms with Gasteiger partial charge in [0.05, 0.1) is 17.6 Å². The monoisotopic (exact) mass is 349 g/mol. The first kappa shape index (κ1) is 18.2. The standard InChI is InChI=1S/C22H27N3O/c1-3-5-15-25-21-10-8-7-9-20(21)24-22(25)23-17-18-11-13-19(14-12-18)26-16-6-4-2/h7-14,17H,3-6,15-16H2,1-2H3. The minimum absolute atomic E-state index is 0.767. The first-order valence-electron chi connectivity index (χ1n) is 9.54. The number of hydrogen-bond acceptors (Lipinski definition) is 3. The van der Waals surface area contributed by atoms with Crippen molar-refractivity contribution in [3.05, 3.63) is 54.1 Å². The molecule has 0 aliphatic rings. The topological polar surface area (TPSA) is 39.4 Å². The summed E-state index contributed by atoms with van der Waals surface area (Å²) in [6, 6.07) is 16.3. The lowest BCUT2D eigenvalue weighted by Gasteiger charge is -2.06. The van der Waals surface area contributed by atoms with E-state index >= 15 is 0 Å². The van der Waals surface area contributed by atoms with Crippen LogP contribution in [-0.2, 0) is 6.54 Å². The Hall–Kier alpha value is -2.62. The number of aryl methyl sites for hydroxylation is 1. The Labute approximate surface area is 155 Å². The third kappa shape index (κ3) is 4.51. The van der Waals surface area contributed by atoms with E-state index in [0.29, 0.717) is 0 Å². The Morgan fingerprint density at radius 3 is 2.54 bits per heavy atom. The summed E-state index contributed by atoms with van der Waals surface area (Å²) in [6.07, 6.45) is 6.36. The fourth-order valence-corrected chi connectivity index (χ4v) is 2.81. The van der Waals surface area contributed by atoms with Crippen LogP contribution in [0.15, 0.2) is 53.5 Å². The molecule has 0 radical (unpaired) electrons. The van der Waals surface area contributed by atoms with Gasteiger partial charge in [0.1, 0.15) is 5.75 Å². The number of unbranched alkanes of at least 4 members (excludes halogenated alkanes) is 2. The molecule has 2 aromatic carbocycles. The van der Waals surface area contributed by atoms with Crippen LogP contribution < -0.4 is 4.74 Å². The van der Waals surface area contributed by atoms with Crippen molar-refractivity contribution in [1.29, 1.82) is 0 Å². The highest BCUT2D eigenvalue weighted by molar-refractivity contribution is 5.83. The van der Waals surface area contributed by atoms with Gasteiger partial charge in [-0.15, -0.1) is 0 Å². The van der Waals surface area contributed by atoms with Crippen molar-refractivity contribution in [1.82, 2.24) is 9.55 Å². The summed E-state index contributed by atoms with van der Waals surface area (Å²) in [4.78, 5) is 9.35. The number of fused-ring (bicyclic) bond motifs is 1. The van der Waals surface area contributed by atoms with Gasteiger partial charge in [0.15, 0.2) is 0 Å². The molecule has 0 unspecified atom stereocenters. The van der Waals surface area contributed by atoms with E-state index < -0.39 is 0 Å². The molecule has 0 bridgehead atoms. The maximum Gasteiger partial charge on any atom is 0.230 e. The van der Waals surface area contributed by atoms with Gasteiger partial charge in [0, 0.05) is 12.8 Å². The molecule has 0 aliphatic carbocycles. The summed E-state index contributed by atoms with van der Waals surface area (Å²) in [7, 11) is 0. The highest BCUT2D eigenvalue weighted by Gasteiger charge is 2.08. The maximum absolute atomic E-state index is 5.71. The van der Waals surface area contributed by atoms with Crippen LogP contribution in [-0.4, -0.2) is 22.4 Å². The second kappa shape index (κ2) is 9.18. The molecular weight excluding hydrogens is 322 g/mol. The second-order valence-electron chi connectivity index (χ2n) is 6.43. The molecule has 0 amide bonds. The highest BCUT2D eigenvalue weighted by Crippen LogP contribution is 2.22. The minimum atomic E-state index is 0.767. The van der Waals surface area contributed by atoms with E-state index in [-0.39, 0.29) is 0 Å². The predicted octanol–water partition coefficient (Wildman–Crippen LogP) is 5.77. The fraction of sp³-hybridized carbons (Fsp3) is 0.364. The molecule has 4 heteroatoms. The van der Waals surface area contributed by atoms with Crippen LogP contribution in [0.2, 0.25) is 0 Å². The number of benzene rings is 2. The molecule has 0 saturated carbocycles. The van der Waals surface area contributed by atoms with Crippen molar-refractivity contribution in [2.75, 3.05) is 6.61 Å². The number of hydrogen-bond donors (Lipinski definition) is 0. The number of aliphatic imine (C=N–C) groups is 1. The summed E-state index contributed by atoms with van der Waals surface area (Å²) in [5.74, 6) is 1.67. The SMILES string of the molecule is CCCCOc1ccc(C=Nc2nc3ccccc3n2CCCC)cc1. The molecule has 0 saturated heterocycles. The zero-order valence-corrected chi connectivity index (χ0v) is 15.7. The van der Waals surface area contributed by atoms with E-state index in [1.807, 2.05) is 42.6 Å². The van der Waals surface area contributed by atoms with E-state index in [1.54, 1.807) is 0 Å². The number of rotatable bonds is 9. The van der Waals surface area contributed by atoms with Crippen LogP contribution in [0, 0.1) is 0 Å². The Morgan fingerprint density at radius 2 is 1.77 bits per heavy atom. The van der Waals surface area contributed by atoms with Crippen LogP contribution >= 0.6 is 0 Å². The number of imidazole rings is 1. The minimum Gasteiger partial charge on any atom is -0.494 e. The Balaban J connectivity index is 1.77. The lowest BCUT2D eigenvalue weighted by atomic mass is 10.2. The highest BCUT2D eigenvalue weighted by atomic mass is 16.5. The Kier molecular flexibility index (Phi) is 6.42. The molecule has 0 N–H and O–H groups in total. The van der Waals surface area contributed by atoms with E-state index in [0.717, 1.165) is 67.1 Å². The summed E-state index contributed by atoms with van der Waals surface area (Å²) < 4.78 is 7.91. The molecule has 0 aliphatic heterocycles. The zero-order valence-electron chi connectivity index (χ0n) is 15.7. The van der Waals surface area contributed by atoms with Crippen LogP contribution in [0.25, 0.3) is 11.0 Å². The molecule has 3 aromatic rings. The number of aromatic nitrogens is 2. The summed E-state index contributed by atoms with van der Waals surface area (Å²) in [6.45, 7) is 6.07. The average Bonchev–Trinajstić information content (AvgIpc) is 3.03. The van der Waals surface area contributed by atoms with Gasteiger partial charge >= 0.3 is 0 Å². The van der Waals surface area contributed by atoms with Crippen LogP contribution in [0.1, 0.15) is 45.1 Å². The van der Waals surface area contributed by atoms with Gasteiger partial charge in [-0.1, -0.05) is 38.8 Å². The van der Waals surface area contributed by atoms with E-state index in [9.17, 15) is 0 Å². The van der Waals surface area contributed by atoms with Crippen molar-refractivity contribution in [2.45, 2.75) is 46.1 Å². The van der Waals surface area contributed by atoms with Gasteiger partial charge in [0.25, 0.3) is 0 Å². The van der Waals surface area contributed by atoms with E-state index in [2.05, 4.69) is 40.5 Å². The maximum atomic E-state index is 5.71.